The number of hydrogen-bond donors (Lipinski definition) is 0. The van der Waals surface area contributed by atoms with Gasteiger partial charge >= 0.3 is 0 Å². The van der Waals surface area contributed by atoms with E-state index in [0.717, 1.165) is 43.6 Å². The number of piperazine rings is 1. The minimum absolute atomic E-state index is 0.0564. The maximum atomic E-state index is 12.6. The van der Waals surface area contributed by atoms with E-state index in [1.54, 1.807) is 0 Å². The van der Waals surface area contributed by atoms with Gasteiger partial charge in [0.05, 0.1) is 5.52 Å². The molecule has 3 rings (SSSR count). The van der Waals surface area contributed by atoms with Crippen molar-refractivity contribution in [1.29, 1.82) is 0 Å². The summed E-state index contributed by atoms with van der Waals surface area (Å²) < 4.78 is 0. The maximum absolute atomic E-state index is 12.6. The fraction of sp³-hybridized carbons (Fsp3) is 0.444. The molecule has 1 aromatic carbocycles. The molecule has 1 aliphatic heterocycles. The van der Waals surface area contributed by atoms with Crippen LogP contribution in [-0.4, -0.2) is 53.4 Å². The first-order chi connectivity index (χ1) is 10.8. The van der Waals surface area contributed by atoms with Crippen molar-refractivity contribution in [2.75, 3.05) is 32.7 Å². The van der Waals surface area contributed by atoms with Crippen LogP contribution in [0.2, 0.25) is 0 Å². The van der Waals surface area contributed by atoms with Crippen LogP contribution in [0.25, 0.3) is 10.9 Å². The summed E-state index contributed by atoms with van der Waals surface area (Å²) >= 11 is 0. The van der Waals surface area contributed by atoms with Gasteiger partial charge < -0.3 is 4.90 Å². The number of carbonyl (C=O) groups excluding carboxylic acids is 1. The molecular formula is C18H23N3O. The van der Waals surface area contributed by atoms with Crippen molar-refractivity contribution in [3.63, 3.8) is 0 Å². The Labute approximate surface area is 131 Å². The van der Waals surface area contributed by atoms with E-state index >= 15 is 0 Å². The SMILES string of the molecule is CCCCN1CCN(C(=O)c2ccc3ccccc3n2)CC1. The Hall–Kier alpha value is -1.94. The van der Waals surface area contributed by atoms with Crippen molar-refractivity contribution >= 4 is 16.8 Å². The quantitative estimate of drug-likeness (QED) is 0.870. The summed E-state index contributed by atoms with van der Waals surface area (Å²) in [5, 5.41) is 1.07. The van der Waals surface area contributed by atoms with Crippen LogP contribution in [0.1, 0.15) is 30.3 Å². The molecule has 2 heterocycles. The third-order valence-corrected chi connectivity index (χ3v) is 4.30. The molecule has 2 aromatic rings. The zero-order chi connectivity index (χ0) is 15.4. The molecule has 116 valence electrons. The minimum atomic E-state index is 0.0564. The number of carbonyl (C=O) groups is 1. The van der Waals surface area contributed by atoms with Gasteiger partial charge in [-0.3, -0.25) is 9.69 Å². The van der Waals surface area contributed by atoms with E-state index in [1.807, 2.05) is 41.3 Å². The van der Waals surface area contributed by atoms with E-state index in [9.17, 15) is 4.79 Å². The summed E-state index contributed by atoms with van der Waals surface area (Å²) in [5.74, 6) is 0.0564. The normalized spacial score (nSPS) is 16.1. The van der Waals surface area contributed by atoms with Crippen LogP contribution in [0.4, 0.5) is 0 Å². The summed E-state index contributed by atoms with van der Waals surface area (Å²) in [5.41, 5.74) is 1.44. The van der Waals surface area contributed by atoms with Gasteiger partial charge in [-0.25, -0.2) is 4.98 Å². The molecule has 4 heteroatoms. The number of hydrogen-bond acceptors (Lipinski definition) is 3. The number of aromatic nitrogens is 1. The van der Waals surface area contributed by atoms with E-state index in [4.69, 9.17) is 0 Å². The molecule has 0 aliphatic carbocycles. The average molecular weight is 297 g/mol. The molecule has 0 unspecified atom stereocenters. The molecule has 0 saturated carbocycles. The van der Waals surface area contributed by atoms with Gasteiger partial charge in [-0.1, -0.05) is 37.6 Å². The number of nitrogens with zero attached hydrogens (tertiary/aromatic N) is 3. The largest absolute Gasteiger partial charge is 0.335 e. The molecule has 0 radical (unpaired) electrons. The van der Waals surface area contributed by atoms with E-state index in [0.29, 0.717) is 5.69 Å². The van der Waals surface area contributed by atoms with Crippen molar-refractivity contribution in [1.82, 2.24) is 14.8 Å². The summed E-state index contributed by atoms with van der Waals surface area (Å²) in [6.07, 6.45) is 2.46. The molecule has 1 aromatic heterocycles. The van der Waals surface area contributed by atoms with Gasteiger partial charge in [-0.15, -0.1) is 0 Å². The van der Waals surface area contributed by atoms with Crippen LogP contribution in [0.3, 0.4) is 0 Å². The summed E-state index contributed by atoms with van der Waals surface area (Å²) in [6, 6.07) is 11.7. The maximum Gasteiger partial charge on any atom is 0.272 e. The molecule has 0 spiro atoms. The molecule has 0 N–H and O–H groups in total. The summed E-state index contributed by atoms with van der Waals surface area (Å²) in [6.45, 7) is 6.91. The van der Waals surface area contributed by atoms with Gasteiger partial charge in [-0.05, 0) is 25.1 Å². The number of pyridine rings is 1. The van der Waals surface area contributed by atoms with Crippen molar-refractivity contribution in [3.8, 4) is 0 Å². The second-order valence-electron chi connectivity index (χ2n) is 5.88. The zero-order valence-corrected chi connectivity index (χ0v) is 13.2. The highest BCUT2D eigenvalue weighted by molar-refractivity contribution is 5.95. The molecule has 4 nitrogen and oxygen atoms in total. The number of fused-ring (bicyclic) bond motifs is 1. The molecule has 1 fully saturated rings. The Morgan fingerprint density at radius 1 is 1.09 bits per heavy atom. The summed E-state index contributed by atoms with van der Waals surface area (Å²) in [4.78, 5) is 21.5. The fourth-order valence-corrected chi connectivity index (χ4v) is 2.90. The molecule has 22 heavy (non-hydrogen) atoms. The highest BCUT2D eigenvalue weighted by Gasteiger charge is 2.22. The number of benzene rings is 1. The van der Waals surface area contributed by atoms with Gasteiger partial charge in [0.25, 0.3) is 5.91 Å². The van der Waals surface area contributed by atoms with Crippen LogP contribution in [0.5, 0.6) is 0 Å². The van der Waals surface area contributed by atoms with Crippen LogP contribution >= 0.6 is 0 Å². The Kier molecular flexibility index (Phi) is 4.68. The van der Waals surface area contributed by atoms with Crippen molar-refractivity contribution in [2.24, 2.45) is 0 Å². The van der Waals surface area contributed by atoms with Gasteiger partial charge in [0.1, 0.15) is 5.69 Å². The lowest BCUT2D eigenvalue weighted by molar-refractivity contribution is 0.0630. The smallest absolute Gasteiger partial charge is 0.272 e. The molecule has 1 aliphatic rings. The van der Waals surface area contributed by atoms with Crippen LogP contribution in [-0.2, 0) is 0 Å². The van der Waals surface area contributed by atoms with E-state index < -0.39 is 0 Å². The van der Waals surface area contributed by atoms with Crippen LogP contribution < -0.4 is 0 Å². The Morgan fingerprint density at radius 3 is 2.64 bits per heavy atom. The lowest BCUT2D eigenvalue weighted by atomic mass is 10.2. The van der Waals surface area contributed by atoms with Gasteiger partial charge in [0.2, 0.25) is 0 Å². The van der Waals surface area contributed by atoms with Gasteiger partial charge in [-0.2, -0.15) is 0 Å². The van der Waals surface area contributed by atoms with E-state index in [2.05, 4.69) is 16.8 Å². The zero-order valence-electron chi connectivity index (χ0n) is 13.2. The minimum Gasteiger partial charge on any atom is -0.335 e. The standard InChI is InChI=1S/C18H23N3O/c1-2-3-10-20-11-13-21(14-12-20)18(22)17-9-8-15-6-4-5-7-16(15)19-17/h4-9H,2-3,10-14H2,1H3. The van der Waals surface area contributed by atoms with Crippen molar-refractivity contribution in [2.45, 2.75) is 19.8 Å². The Balaban J connectivity index is 1.66. The van der Waals surface area contributed by atoms with Gasteiger partial charge in [0, 0.05) is 31.6 Å². The first-order valence-corrected chi connectivity index (χ1v) is 8.15. The first-order valence-electron chi connectivity index (χ1n) is 8.15. The molecule has 0 bridgehead atoms. The van der Waals surface area contributed by atoms with Crippen LogP contribution in [0, 0.1) is 0 Å². The fourth-order valence-electron chi connectivity index (χ4n) is 2.90. The van der Waals surface area contributed by atoms with Crippen molar-refractivity contribution < 1.29 is 4.79 Å². The predicted octanol–water partition coefficient (Wildman–Crippen LogP) is 2.79. The Morgan fingerprint density at radius 2 is 1.86 bits per heavy atom. The Bertz CT molecular complexity index is 648. The molecule has 1 amide bonds. The number of rotatable bonds is 4. The second kappa shape index (κ2) is 6.88. The predicted molar refractivity (Wildman–Crippen MR) is 89.0 cm³/mol. The van der Waals surface area contributed by atoms with E-state index in [-0.39, 0.29) is 5.91 Å². The monoisotopic (exact) mass is 297 g/mol. The molecular weight excluding hydrogens is 274 g/mol. The lowest BCUT2D eigenvalue weighted by Crippen LogP contribution is -2.49. The second-order valence-corrected chi connectivity index (χ2v) is 5.88. The number of unbranched alkanes of at least 4 members (excludes halogenated alkanes) is 1. The number of amides is 1. The number of para-hydroxylation sites is 1. The summed E-state index contributed by atoms with van der Waals surface area (Å²) in [7, 11) is 0. The molecule has 1 saturated heterocycles. The topological polar surface area (TPSA) is 36.4 Å². The highest BCUT2D eigenvalue weighted by atomic mass is 16.2. The lowest BCUT2D eigenvalue weighted by Gasteiger charge is -2.34. The van der Waals surface area contributed by atoms with E-state index in [1.165, 1.54) is 12.8 Å². The third kappa shape index (κ3) is 3.28. The highest BCUT2D eigenvalue weighted by Crippen LogP contribution is 2.14. The third-order valence-electron chi connectivity index (χ3n) is 4.30. The average Bonchev–Trinajstić information content (AvgIpc) is 2.59. The van der Waals surface area contributed by atoms with Gasteiger partial charge in [0.15, 0.2) is 0 Å². The molecule has 0 atom stereocenters. The van der Waals surface area contributed by atoms with Crippen molar-refractivity contribution in [3.05, 3.63) is 42.1 Å². The van der Waals surface area contributed by atoms with Crippen LogP contribution in [0.15, 0.2) is 36.4 Å². The first kappa shape index (κ1) is 15.0.